The second-order valence-electron chi connectivity index (χ2n) is 4.01. The lowest BCUT2D eigenvalue weighted by Crippen LogP contribution is -2.17. The van der Waals surface area contributed by atoms with Crippen molar-refractivity contribution in [2.45, 2.75) is 0 Å². The van der Waals surface area contributed by atoms with Gasteiger partial charge in [-0.25, -0.2) is 9.97 Å². The molecule has 1 heterocycles. The van der Waals surface area contributed by atoms with E-state index in [1.165, 1.54) is 6.20 Å². The van der Waals surface area contributed by atoms with E-state index in [9.17, 15) is 0 Å². The van der Waals surface area contributed by atoms with E-state index in [1.807, 2.05) is 36.2 Å². The summed E-state index contributed by atoms with van der Waals surface area (Å²) in [5.74, 6) is 1.32. The van der Waals surface area contributed by atoms with Crippen LogP contribution in [0, 0.1) is 0 Å². The molecule has 1 aromatic carbocycles. The van der Waals surface area contributed by atoms with E-state index >= 15 is 0 Å². The van der Waals surface area contributed by atoms with Crippen LogP contribution < -0.4 is 15.4 Å². The number of oxime groups is 1. The topological polar surface area (TPSA) is 96.9 Å². The molecule has 7 nitrogen and oxygen atoms in total. The van der Waals surface area contributed by atoms with Gasteiger partial charge in [-0.15, -0.1) is 0 Å². The molecule has 0 atom stereocenters. The maximum absolute atomic E-state index is 8.57. The van der Waals surface area contributed by atoms with Crippen molar-refractivity contribution in [3.63, 3.8) is 0 Å². The van der Waals surface area contributed by atoms with Crippen LogP contribution in [0.4, 0.5) is 11.5 Å². The molecular weight excluding hydrogens is 258 g/mol. The van der Waals surface area contributed by atoms with Gasteiger partial charge < -0.3 is 20.6 Å². The lowest BCUT2D eigenvalue weighted by atomic mass is 10.3. The van der Waals surface area contributed by atoms with E-state index in [0.29, 0.717) is 11.5 Å². The minimum absolute atomic E-state index is 0.0758. The first-order valence-electron chi connectivity index (χ1n) is 5.83. The summed E-state index contributed by atoms with van der Waals surface area (Å²) in [6.07, 6.45) is 2.99. The Morgan fingerprint density at radius 2 is 2.15 bits per heavy atom. The molecule has 0 aliphatic carbocycles. The van der Waals surface area contributed by atoms with Crippen molar-refractivity contribution in [2.75, 3.05) is 19.1 Å². The van der Waals surface area contributed by atoms with Crippen LogP contribution in [0.25, 0.3) is 0 Å². The number of methoxy groups -OCH3 is 1. The van der Waals surface area contributed by atoms with Gasteiger partial charge in [0.25, 0.3) is 0 Å². The van der Waals surface area contributed by atoms with Gasteiger partial charge in [0.15, 0.2) is 11.7 Å². The molecule has 3 N–H and O–H groups in total. The summed E-state index contributed by atoms with van der Waals surface area (Å²) in [5.41, 5.74) is 6.66. The Balaban J connectivity index is 2.26. The first-order valence-corrected chi connectivity index (χ1v) is 5.83. The molecule has 0 unspecified atom stereocenters. The van der Waals surface area contributed by atoms with Crippen molar-refractivity contribution in [2.24, 2.45) is 10.9 Å². The lowest BCUT2D eigenvalue weighted by molar-refractivity contribution is 0.318. The summed E-state index contributed by atoms with van der Waals surface area (Å²) in [5, 5.41) is 11.4. The monoisotopic (exact) mass is 273 g/mol. The first-order chi connectivity index (χ1) is 9.65. The largest absolute Gasteiger partial charge is 0.497 e. The Hall–Kier alpha value is -2.83. The Morgan fingerprint density at radius 3 is 2.75 bits per heavy atom. The molecule has 0 saturated heterocycles. The molecule has 0 amide bonds. The normalized spacial score (nSPS) is 11.2. The third kappa shape index (κ3) is 2.77. The number of benzene rings is 1. The van der Waals surface area contributed by atoms with Gasteiger partial charge >= 0.3 is 0 Å². The van der Waals surface area contributed by atoms with E-state index in [4.69, 9.17) is 15.7 Å². The highest BCUT2D eigenvalue weighted by Crippen LogP contribution is 2.24. The zero-order chi connectivity index (χ0) is 14.5. The number of nitrogens with two attached hydrogens (primary N) is 1. The minimum atomic E-state index is -0.0758. The van der Waals surface area contributed by atoms with Gasteiger partial charge in [0.05, 0.1) is 19.5 Å². The predicted molar refractivity (Wildman–Crippen MR) is 75.6 cm³/mol. The smallest absolute Gasteiger partial charge is 0.190 e. The van der Waals surface area contributed by atoms with Crippen LogP contribution in [-0.4, -0.2) is 35.2 Å². The molecule has 0 aliphatic rings. The Kier molecular flexibility index (Phi) is 3.99. The van der Waals surface area contributed by atoms with Crippen LogP contribution in [0.15, 0.2) is 41.8 Å². The van der Waals surface area contributed by atoms with Gasteiger partial charge in [-0.05, 0) is 12.1 Å². The fourth-order valence-electron chi connectivity index (χ4n) is 1.63. The van der Waals surface area contributed by atoms with E-state index in [0.717, 1.165) is 11.4 Å². The van der Waals surface area contributed by atoms with Crippen molar-refractivity contribution in [3.8, 4) is 5.75 Å². The van der Waals surface area contributed by atoms with Crippen LogP contribution >= 0.6 is 0 Å². The first kappa shape index (κ1) is 13.6. The molecule has 0 fully saturated rings. The quantitative estimate of drug-likeness (QED) is 0.378. The molecule has 7 heteroatoms. The third-order valence-corrected chi connectivity index (χ3v) is 2.79. The average Bonchev–Trinajstić information content (AvgIpc) is 2.53. The number of ether oxygens (including phenoxy) is 1. The zero-order valence-corrected chi connectivity index (χ0v) is 11.2. The van der Waals surface area contributed by atoms with Gasteiger partial charge in [-0.2, -0.15) is 0 Å². The van der Waals surface area contributed by atoms with Crippen molar-refractivity contribution in [1.29, 1.82) is 0 Å². The molecule has 2 aromatic rings. The average molecular weight is 273 g/mol. The van der Waals surface area contributed by atoms with Gasteiger partial charge in [0.1, 0.15) is 11.4 Å². The molecule has 1 aromatic heterocycles. The highest BCUT2D eigenvalue weighted by Gasteiger charge is 2.08. The summed E-state index contributed by atoms with van der Waals surface area (Å²) in [6.45, 7) is 0. The van der Waals surface area contributed by atoms with Crippen molar-refractivity contribution in [1.82, 2.24) is 9.97 Å². The van der Waals surface area contributed by atoms with Crippen LogP contribution in [0.1, 0.15) is 5.69 Å². The molecular formula is C13H15N5O2. The van der Waals surface area contributed by atoms with Crippen LogP contribution in [0.2, 0.25) is 0 Å². The van der Waals surface area contributed by atoms with Gasteiger partial charge in [0.2, 0.25) is 0 Å². The highest BCUT2D eigenvalue weighted by molar-refractivity contribution is 5.94. The van der Waals surface area contributed by atoms with Crippen LogP contribution in [0.3, 0.4) is 0 Å². The standard InChI is InChI=1S/C13H15N5O2/c1-18(9-4-3-5-10(6-9)20-2)12-8-15-11(7-16-12)13(14)17-19/h3-8,19H,1-2H3,(H2,14,17). The number of hydrogen-bond acceptors (Lipinski definition) is 6. The fraction of sp³-hybridized carbons (Fsp3) is 0.154. The molecule has 0 spiro atoms. The molecule has 0 saturated carbocycles. The van der Waals surface area contributed by atoms with Gasteiger partial charge in [-0.1, -0.05) is 11.2 Å². The summed E-state index contributed by atoms with van der Waals surface area (Å²) in [6, 6.07) is 7.58. The van der Waals surface area contributed by atoms with Crippen molar-refractivity contribution < 1.29 is 9.94 Å². The lowest BCUT2D eigenvalue weighted by Gasteiger charge is -2.18. The second-order valence-corrected chi connectivity index (χ2v) is 4.01. The summed E-state index contributed by atoms with van der Waals surface area (Å²) >= 11 is 0. The number of nitrogens with zero attached hydrogens (tertiary/aromatic N) is 4. The number of anilines is 2. The Labute approximate surface area is 116 Å². The number of amidine groups is 1. The fourth-order valence-corrected chi connectivity index (χ4v) is 1.63. The maximum Gasteiger partial charge on any atom is 0.190 e. The molecule has 20 heavy (non-hydrogen) atoms. The van der Waals surface area contributed by atoms with Crippen LogP contribution in [0.5, 0.6) is 5.75 Å². The van der Waals surface area contributed by atoms with E-state index in [1.54, 1.807) is 13.3 Å². The van der Waals surface area contributed by atoms with Gasteiger partial charge in [0, 0.05) is 18.8 Å². The van der Waals surface area contributed by atoms with E-state index in [2.05, 4.69) is 15.1 Å². The third-order valence-electron chi connectivity index (χ3n) is 2.79. The maximum atomic E-state index is 8.57. The van der Waals surface area contributed by atoms with E-state index in [-0.39, 0.29) is 5.84 Å². The highest BCUT2D eigenvalue weighted by atomic mass is 16.5. The Bertz CT molecular complexity index is 612. The zero-order valence-electron chi connectivity index (χ0n) is 11.2. The molecule has 0 aliphatic heterocycles. The summed E-state index contributed by atoms with van der Waals surface area (Å²) in [4.78, 5) is 10.2. The SMILES string of the molecule is COc1cccc(N(C)c2cnc(C(N)=NO)cn2)c1. The summed E-state index contributed by atoms with van der Waals surface area (Å²) < 4.78 is 5.18. The number of hydrogen-bond donors (Lipinski definition) is 2. The van der Waals surface area contributed by atoms with E-state index < -0.39 is 0 Å². The van der Waals surface area contributed by atoms with Crippen LogP contribution in [-0.2, 0) is 0 Å². The number of rotatable bonds is 4. The number of aromatic nitrogens is 2. The van der Waals surface area contributed by atoms with Gasteiger partial charge in [-0.3, -0.25) is 0 Å². The molecule has 2 rings (SSSR count). The minimum Gasteiger partial charge on any atom is -0.497 e. The second kappa shape index (κ2) is 5.87. The summed E-state index contributed by atoms with van der Waals surface area (Å²) in [7, 11) is 3.48. The molecule has 104 valence electrons. The Morgan fingerprint density at radius 1 is 1.35 bits per heavy atom. The molecule has 0 radical (unpaired) electrons. The molecule has 0 bridgehead atoms. The predicted octanol–water partition coefficient (Wildman–Crippen LogP) is 1.35. The van der Waals surface area contributed by atoms with Crippen molar-refractivity contribution >= 4 is 17.3 Å². The van der Waals surface area contributed by atoms with Crippen molar-refractivity contribution in [3.05, 3.63) is 42.4 Å².